The molecule has 0 saturated heterocycles. The lowest BCUT2D eigenvalue weighted by molar-refractivity contribution is 0.197. The quantitative estimate of drug-likeness (QED) is 0.910. The van der Waals surface area contributed by atoms with Crippen LogP contribution in [-0.2, 0) is 6.54 Å². The second-order valence-electron chi connectivity index (χ2n) is 5.09. The summed E-state index contributed by atoms with van der Waals surface area (Å²) in [5.41, 5.74) is 2.37. The third-order valence-electron chi connectivity index (χ3n) is 3.49. The van der Waals surface area contributed by atoms with E-state index in [-0.39, 0.29) is 12.3 Å². The van der Waals surface area contributed by atoms with Crippen LogP contribution in [0.4, 0.5) is 9.18 Å². The Bertz CT molecular complexity index is 750. The molecule has 0 atom stereocenters. The molecule has 0 saturated carbocycles. The van der Waals surface area contributed by atoms with Gasteiger partial charge >= 0.3 is 6.09 Å². The maximum atomic E-state index is 13.8. The van der Waals surface area contributed by atoms with Crippen LogP contribution in [0.5, 0.6) is 17.2 Å². The molecule has 7 heteroatoms. The number of carbonyl (C=O) groups excluding carboxylic acids is 1. The summed E-state index contributed by atoms with van der Waals surface area (Å²) in [4.78, 5) is 16.1. The summed E-state index contributed by atoms with van der Waals surface area (Å²) in [5.74, 6) is 0.193. The van der Waals surface area contributed by atoms with E-state index in [1.165, 1.54) is 19.2 Å². The van der Waals surface area contributed by atoms with E-state index in [9.17, 15) is 9.18 Å². The molecule has 0 radical (unpaired) electrons. The lowest BCUT2D eigenvalue weighted by atomic mass is 10.1. The Morgan fingerprint density at radius 1 is 1.25 bits per heavy atom. The van der Waals surface area contributed by atoms with Gasteiger partial charge in [0.25, 0.3) is 0 Å². The van der Waals surface area contributed by atoms with E-state index in [2.05, 4.69) is 10.3 Å². The molecule has 0 aliphatic carbocycles. The topological polar surface area (TPSA) is 69.7 Å². The molecule has 128 valence electrons. The summed E-state index contributed by atoms with van der Waals surface area (Å²) in [7, 11) is 3.00. The van der Waals surface area contributed by atoms with Crippen molar-refractivity contribution in [3.63, 3.8) is 0 Å². The second-order valence-corrected chi connectivity index (χ2v) is 5.09. The number of nitrogens with zero attached hydrogens (tertiary/aromatic N) is 1. The molecule has 1 aromatic carbocycles. The van der Waals surface area contributed by atoms with Gasteiger partial charge in [-0.05, 0) is 26.0 Å². The van der Waals surface area contributed by atoms with Crippen molar-refractivity contribution in [1.29, 1.82) is 0 Å². The predicted octanol–water partition coefficient (Wildman–Crippen LogP) is 3.14. The summed E-state index contributed by atoms with van der Waals surface area (Å²) in [6.07, 6.45) is 0.886. The summed E-state index contributed by atoms with van der Waals surface area (Å²) in [6, 6.07) is 3.97. The Morgan fingerprint density at radius 2 is 2.00 bits per heavy atom. The zero-order chi connectivity index (χ0) is 17.7. The molecule has 6 nitrogen and oxygen atoms in total. The Kier molecular flexibility index (Phi) is 5.57. The van der Waals surface area contributed by atoms with E-state index in [4.69, 9.17) is 14.2 Å². The van der Waals surface area contributed by atoms with Crippen LogP contribution in [0.15, 0.2) is 24.4 Å². The van der Waals surface area contributed by atoms with Crippen LogP contribution in [0.3, 0.4) is 0 Å². The second kappa shape index (κ2) is 7.63. The van der Waals surface area contributed by atoms with Crippen LogP contribution in [0.25, 0.3) is 0 Å². The fourth-order valence-corrected chi connectivity index (χ4v) is 2.23. The fraction of sp³-hybridized carbons (Fsp3) is 0.294. The van der Waals surface area contributed by atoms with Gasteiger partial charge in [-0.25, -0.2) is 9.18 Å². The normalized spacial score (nSPS) is 10.2. The van der Waals surface area contributed by atoms with E-state index in [1.54, 1.807) is 13.3 Å². The van der Waals surface area contributed by atoms with E-state index < -0.39 is 11.9 Å². The van der Waals surface area contributed by atoms with Gasteiger partial charge < -0.3 is 19.5 Å². The van der Waals surface area contributed by atoms with Crippen LogP contribution < -0.4 is 19.5 Å². The summed E-state index contributed by atoms with van der Waals surface area (Å²) < 4.78 is 28.9. The number of ether oxygens (including phenoxy) is 3. The molecular weight excluding hydrogens is 315 g/mol. The fourth-order valence-electron chi connectivity index (χ4n) is 2.23. The van der Waals surface area contributed by atoms with E-state index in [0.29, 0.717) is 11.4 Å². The van der Waals surface area contributed by atoms with Crippen molar-refractivity contribution < 1.29 is 23.4 Å². The number of halogens is 1. The highest BCUT2D eigenvalue weighted by atomic mass is 19.1. The first-order valence-electron chi connectivity index (χ1n) is 7.24. The zero-order valence-corrected chi connectivity index (χ0v) is 14.0. The molecule has 0 spiro atoms. The number of aromatic nitrogens is 1. The first-order valence-corrected chi connectivity index (χ1v) is 7.24. The molecule has 1 N–H and O–H groups in total. The van der Waals surface area contributed by atoms with Crippen LogP contribution in [0.1, 0.15) is 16.8 Å². The number of amides is 1. The molecule has 0 aliphatic heterocycles. The average Bonchev–Trinajstić information content (AvgIpc) is 2.56. The van der Waals surface area contributed by atoms with Crippen LogP contribution >= 0.6 is 0 Å². The molecule has 1 heterocycles. The van der Waals surface area contributed by atoms with Crippen molar-refractivity contribution in [2.24, 2.45) is 0 Å². The van der Waals surface area contributed by atoms with Crippen molar-refractivity contribution in [3.05, 3.63) is 47.0 Å². The number of methoxy groups -OCH3 is 2. The molecular formula is C17H19FN2O4. The minimum absolute atomic E-state index is 0.138. The van der Waals surface area contributed by atoms with Crippen molar-refractivity contribution in [3.8, 4) is 17.2 Å². The number of rotatable bonds is 5. The molecule has 0 unspecified atom stereocenters. The molecule has 0 bridgehead atoms. The van der Waals surface area contributed by atoms with Gasteiger partial charge in [0.05, 0.1) is 26.5 Å². The highest BCUT2D eigenvalue weighted by molar-refractivity contribution is 5.70. The zero-order valence-electron chi connectivity index (χ0n) is 14.0. The average molecular weight is 334 g/mol. The lowest BCUT2D eigenvalue weighted by Crippen LogP contribution is -2.27. The highest BCUT2D eigenvalue weighted by Crippen LogP contribution is 2.24. The third-order valence-corrected chi connectivity index (χ3v) is 3.49. The molecule has 2 rings (SSSR count). The lowest BCUT2D eigenvalue weighted by Gasteiger charge is -2.13. The van der Waals surface area contributed by atoms with Gasteiger partial charge in [0, 0.05) is 23.4 Å². The van der Waals surface area contributed by atoms with E-state index in [0.717, 1.165) is 22.9 Å². The predicted molar refractivity (Wildman–Crippen MR) is 86.1 cm³/mol. The van der Waals surface area contributed by atoms with Crippen LogP contribution in [-0.4, -0.2) is 25.3 Å². The van der Waals surface area contributed by atoms with E-state index >= 15 is 0 Å². The van der Waals surface area contributed by atoms with Gasteiger partial charge in [-0.15, -0.1) is 0 Å². The monoisotopic (exact) mass is 334 g/mol. The first-order chi connectivity index (χ1) is 11.5. The molecule has 1 aromatic heterocycles. The smallest absolute Gasteiger partial charge is 0.413 e. The largest absolute Gasteiger partial charge is 0.497 e. The van der Waals surface area contributed by atoms with Gasteiger partial charge in [-0.1, -0.05) is 0 Å². The van der Waals surface area contributed by atoms with Crippen LogP contribution in [0.2, 0.25) is 0 Å². The highest BCUT2D eigenvalue weighted by Gasteiger charge is 2.13. The summed E-state index contributed by atoms with van der Waals surface area (Å²) in [6.45, 7) is 3.88. The maximum absolute atomic E-state index is 13.8. The molecule has 0 fully saturated rings. The minimum atomic E-state index is -0.778. The minimum Gasteiger partial charge on any atom is -0.497 e. The van der Waals surface area contributed by atoms with Gasteiger partial charge in [0.1, 0.15) is 11.5 Å². The number of hydrogen-bond acceptors (Lipinski definition) is 5. The van der Waals surface area contributed by atoms with Gasteiger partial charge in [0.2, 0.25) is 0 Å². The number of hydrogen-bond donors (Lipinski definition) is 1. The molecule has 2 aromatic rings. The van der Waals surface area contributed by atoms with E-state index in [1.807, 2.05) is 13.8 Å². The van der Waals surface area contributed by atoms with Crippen molar-refractivity contribution in [2.75, 3.05) is 14.2 Å². The number of pyridine rings is 1. The number of nitrogens with one attached hydrogen (secondary N) is 1. The SMILES string of the molecule is COc1ccc(OC(=O)NCc2ncc(C)c(OC)c2C)c(F)c1. The van der Waals surface area contributed by atoms with Gasteiger partial charge in [-0.3, -0.25) is 4.98 Å². The standard InChI is InChI=1S/C17H19FN2O4/c1-10-8-19-14(11(2)16(10)23-4)9-20-17(21)24-15-6-5-12(22-3)7-13(15)18/h5-8H,9H2,1-4H3,(H,20,21). The van der Waals surface area contributed by atoms with Crippen molar-refractivity contribution >= 4 is 6.09 Å². The number of aryl methyl sites for hydroxylation is 1. The maximum Gasteiger partial charge on any atom is 0.413 e. The first kappa shape index (κ1) is 17.5. The van der Waals surface area contributed by atoms with Gasteiger partial charge in [-0.2, -0.15) is 0 Å². The van der Waals surface area contributed by atoms with Crippen molar-refractivity contribution in [1.82, 2.24) is 10.3 Å². The Labute approximate surface area is 139 Å². The summed E-state index contributed by atoms with van der Waals surface area (Å²) >= 11 is 0. The molecule has 0 aliphatic rings. The Morgan fingerprint density at radius 3 is 2.62 bits per heavy atom. The van der Waals surface area contributed by atoms with Crippen LogP contribution in [0, 0.1) is 19.7 Å². The Hall–Kier alpha value is -2.83. The summed E-state index contributed by atoms with van der Waals surface area (Å²) in [5, 5.41) is 2.54. The number of carbonyl (C=O) groups is 1. The number of benzene rings is 1. The molecule has 24 heavy (non-hydrogen) atoms. The Balaban J connectivity index is 2.01. The van der Waals surface area contributed by atoms with Crippen molar-refractivity contribution in [2.45, 2.75) is 20.4 Å². The third kappa shape index (κ3) is 3.92. The molecule has 1 amide bonds. The van der Waals surface area contributed by atoms with Gasteiger partial charge in [0.15, 0.2) is 11.6 Å².